The molecule has 0 bridgehead atoms. The predicted octanol–water partition coefficient (Wildman–Crippen LogP) is 2.56. The SMILES string of the molecule is CCOC(=O)C(OC)(c1ccc([N+](=O)[O-])cc1)C(F)(F)F. The Bertz CT molecular complexity index is 529. The Kier molecular flexibility index (Phi) is 4.89. The highest BCUT2D eigenvalue weighted by Crippen LogP contribution is 2.43. The molecule has 9 heteroatoms. The average Bonchev–Trinajstić information content (AvgIpc) is 2.39. The van der Waals surface area contributed by atoms with E-state index < -0.39 is 33.9 Å². The lowest BCUT2D eigenvalue weighted by molar-refractivity contribution is -0.384. The van der Waals surface area contributed by atoms with Gasteiger partial charge < -0.3 is 9.47 Å². The molecule has 0 amide bonds. The zero-order valence-electron chi connectivity index (χ0n) is 11.1. The molecular weight excluding hydrogens is 295 g/mol. The number of carbonyl (C=O) groups excluding carboxylic acids is 1. The van der Waals surface area contributed by atoms with Crippen LogP contribution in [0.2, 0.25) is 0 Å². The van der Waals surface area contributed by atoms with Crippen LogP contribution >= 0.6 is 0 Å². The summed E-state index contributed by atoms with van der Waals surface area (Å²) in [4.78, 5) is 21.5. The lowest BCUT2D eigenvalue weighted by atomic mass is 9.92. The summed E-state index contributed by atoms with van der Waals surface area (Å²) in [6.07, 6.45) is -5.09. The number of carbonyl (C=O) groups is 1. The molecule has 0 aliphatic carbocycles. The van der Waals surface area contributed by atoms with Crippen LogP contribution in [0.15, 0.2) is 24.3 Å². The molecule has 0 spiro atoms. The van der Waals surface area contributed by atoms with Crippen molar-refractivity contribution in [2.75, 3.05) is 13.7 Å². The van der Waals surface area contributed by atoms with Gasteiger partial charge in [-0.25, -0.2) is 4.79 Å². The van der Waals surface area contributed by atoms with Gasteiger partial charge in [0, 0.05) is 24.8 Å². The van der Waals surface area contributed by atoms with Gasteiger partial charge in [-0.1, -0.05) is 0 Å². The topological polar surface area (TPSA) is 78.7 Å². The van der Waals surface area contributed by atoms with Gasteiger partial charge in [0.1, 0.15) is 0 Å². The number of rotatable bonds is 5. The summed E-state index contributed by atoms with van der Waals surface area (Å²) in [6, 6.07) is 3.33. The molecule has 1 atom stereocenters. The van der Waals surface area contributed by atoms with Crippen molar-refractivity contribution in [3.63, 3.8) is 0 Å². The van der Waals surface area contributed by atoms with E-state index in [-0.39, 0.29) is 6.61 Å². The van der Waals surface area contributed by atoms with E-state index in [4.69, 9.17) is 0 Å². The van der Waals surface area contributed by atoms with E-state index in [1.807, 2.05) is 0 Å². The number of esters is 1. The molecule has 1 aromatic carbocycles. The first kappa shape index (κ1) is 16.9. The van der Waals surface area contributed by atoms with E-state index in [0.29, 0.717) is 7.11 Å². The number of methoxy groups -OCH3 is 1. The highest BCUT2D eigenvalue weighted by Gasteiger charge is 2.64. The van der Waals surface area contributed by atoms with Crippen LogP contribution in [0.25, 0.3) is 0 Å². The molecule has 1 unspecified atom stereocenters. The zero-order chi connectivity index (χ0) is 16.3. The molecule has 0 fully saturated rings. The largest absolute Gasteiger partial charge is 0.463 e. The van der Waals surface area contributed by atoms with Gasteiger partial charge in [-0.15, -0.1) is 0 Å². The van der Waals surface area contributed by atoms with Gasteiger partial charge >= 0.3 is 12.1 Å². The fraction of sp³-hybridized carbons (Fsp3) is 0.417. The Morgan fingerprint density at radius 2 is 1.81 bits per heavy atom. The molecule has 0 saturated carbocycles. The number of hydrogen-bond acceptors (Lipinski definition) is 5. The minimum atomic E-state index is -5.09. The Morgan fingerprint density at radius 1 is 1.29 bits per heavy atom. The van der Waals surface area contributed by atoms with Gasteiger partial charge in [0.25, 0.3) is 11.3 Å². The van der Waals surface area contributed by atoms with Crippen molar-refractivity contribution >= 4 is 11.7 Å². The maximum absolute atomic E-state index is 13.3. The van der Waals surface area contributed by atoms with Crippen molar-refractivity contribution in [1.29, 1.82) is 0 Å². The smallest absolute Gasteiger partial charge is 0.432 e. The number of halogens is 3. The van der Waals surface area contributed by atoms with Crippen LogP contribution < -0.4 is 0 Å². The van der Waals surface area contributed by atoms with Crippen LogP contribution in [0.3, 0.4) is 0 Å². The maximum Gasteiger partial charge on any atom is 0.432 e. The fourth-order valence-corrected chi connectivity index (χ4v) is 1.76. The Balaban J connectivity index is 3.42. The monoisotopic (exact) mass is 307 g/mol. The molecule has 0 aromatic heterocycles. The number of ether oxygens (including phenoxy) is 2. The van der Waals surface area contributed by atoms with Crippen LogP contribution in [0.1, 0.15) is 12.5 Å². The molecular formula is C12H12F3NO5. The molecule has 0 aliphatic rings. The van der Waals surface area contributed by atoms with Gasteiger partial charge in [0.05, 0.1) is 11.5 Å². The number of non-ortho nitro benzene ring substituents is 1. The number of benzene rings is 1. The van der Waals surface area contributed by atoms with Crippen molar-refractivity contribution in [2.45, 2.75) is 18.7 Å². The summed E-state index contributed by atoms with van der Waals surface area (Å²) in [5, 5.41) is 10.5. The van der Waals surface area contributed by atoms with Crippen LogP contribution in [0.4, 0.5) is 18.9 Å². The van der Waals surface area contributed by atoms with Crippen molar-refractivity contribution in [3.8, 4) is 0 Å². The second kappa shape index (κ2) is 6.08. The summed E-state index contributed by atoms with van der Waals surface area (Å²) < 4.78 is 48.9. The number of nitro groups is 1. The summed E-state index contributed by atoms with van der Waals surface area (Å²) in [7, 11) is 0.714. The van der Waals surface area contributed by atoms with E-state index in [2.05, 4.69) is 9.47 Å². The normalized spacial score (nSPS) is 14.3. The highest BCUT2D eigenvalue weighted by atomic mass is 19.4. The van der Waals surface area contributed by atoms with Gasteiger partial charge in [0.2, 0.25) is 0 Å². The molecule has 0 N–H and O–H groups in total. The molecule has 0 radical (unpaired) electrons. The first-order valence-electron chi connectivity index (χ1n) is 5.74. The Hall–Kier alpha value is -2.16. The van der Waals surface area contributed by atoms with Crippen LogP contribution in [0, 0.1) is 10.1 Å². The Morgan fingerprint density at radius 3 is 2.14 bits per heavy atom. The number of alkyl halides is 3. The predicted molar refractivity (Wildman–Crippen MR) is 64.5 cm³/mol. The van der Waals surface area contributed by atoms with Crippen molar-refractivity contribution in [3.05, 3.63) is 39.9 Å². The minimum Gasteiger partial charge on any atom is -0.463 e. The second-order valence-electron chi connectivity index (χ2n) is 3.91. The van der Waals surface area contributed by atoms with E-state index in [1.54, 1.807) is 0 Å². The molecule has 21 heavy (non-hydrogen) atoms. The molecule has 0 aliphatic heterocycles. The summed E-state index contributed by atoms with van der Waals surface area (Å²) >= 11 is 0. The fourth-order valence-electron chi connectivity index (χ4n) is 1.76. The number of nitro benzene ring substituents is 1. The Labute approximate surface area is 117 Å². The van der Waals surface area contributed by atoms with Gasteiger partial charge in [-0.05, 0) is 19.1 Å². The third-order valence-corrected chi connectivity index (χ3v) is 2.75. The third kappa shape index (κ3) is 2.97. The number of hydrogen-bond donors (Lipinski definition) is 0. The maximum atomic E-state index is 13.3. The standard InChI is InChI=1S/C12H12F3NO5/c1-3-21-10(17)11(20-2,12(13,14)15)8-4-6-9(7-5-8)16(18)19/h4-7H,3H2,1-2H3. The molecule has 1 rings (SSSR count). The van der Waals surface area contributed by atoms with Crippen LogP contribution in [0.5, 0.6) is 0 Å². The van der Waals surface area contributed by atoms with Crippen molar-refractivity contribution in [2.24, 2.45) is 0 Å². The lowest BCUT2D eigenvalue weighted by Crippen LogP contribution is -2.51. The number of nitrogens with zero attached hydrogens (tertiary/aromatic N) is 1. The molecule has 116 valence electrons. The lowest BCUT2D eigenvalue weighted by Gasteiger charge is -2.32. The van der Waals surface area contributed by atoms with Gasteiger partial charge in [-0.3, -0.25) is 10.1 Å². The van der Waals surface area contributed by atoms with Crippen LogP contribution in [-0.2, 0) is 19.9 Å². The average molecular weight is 307 g/mol. The zero-order valence-corrected chi connectivity index (χ0v) is 11.1. The minimum absolute atomic E-state index is 0.271. The third-order valence-electron chi connectivity index (χ3n) is 2.75. The van der Waals surface area contributed by atoms with Crippen molar-refractivity contribution < 1.29 is 32.4 Å². The molecule has 6 nitrogen and oxygen atoms in total. The first-order chi connectivity index (χ1) is 9.70. The summed E-state index contributed by atoms with van der Waals surface area (Å²) in [6.45, 7) is 1.08. The van der Waals surface area contributed by atoms with Crippen LogP contribution in [-0.4, -0.2) is 30.8 Å². The van der Waals surface area contributed by atoms with Gasteiger partial charge in [-0.2, -0.15) is 13.2 Å². The summed E-state index contributed by atoms with van der Waals surface area (Å²) in [5.74, 6) is -1.63. The molecule has 1 aromatic rings. The second-order valence-corrected chi connectivity index (χ2v) is 3.91. The van der Waals surface area contributed by atoms with E-state index >= 15 is 0 Å². The van der Waals surface area contributed by atoms with E-state index in [1.165, 1.54) is 6.92 Å². The molecule has 0 heterocycles. The van der Waals surface area contributed by atoms with E-state index in [0.717, 1.165) is 24.3 Å². The van der Waals surface area contributed by atoms with Crippen molar-refractivity contribution in [1.82, 2.24) is 0 Å². The summed E-state index contributed by atoms with van der Waals surface area (Å²) in [5.41, 5.74) is -4.32. The quantitative estimate of drug-likeness (QED) is 0.474. The molecule has 0 saturated heterocycles. The van der Waals surface area contributed by atoms with E-state index in [9.17, 15) is 28.1 Å². The highest BCUT2D eigenvalue weighted by molar-refractivity contribution is 5.82. The van der Waals surface area contributed by atoms with Gasteiger partial charge in [0.15, 0.2) is 0 Å². The first-order valence-corrected chi connectivity index (χ1v) is 5.74.